The van der Waals surface area contributed by atoms with Crippen molar-refractivity contribution >= 4 is 10.8 Å². The summed E-state index contributed by atoms with van der Waals surface area (Å²) in [5, 5.41) is 12.2. The Labute approximate surface area is 124 Å². The number of hydrogen-bond acceptors (Lipinski definition) is 2. The molecule has 0 fully saturated rings. The molecule has 108 valence electrons. The van der Waals surface area contributed by atoms with Crippen LogP contribution in [0, 0.1) is 0 Å². The molecule has 21 heavy (non-hydrogen) atoms. The monoisotopic (exact) mass is 281 g/mol. The quantitative estimate of drug-likeness (QED) is 0.767. The molecule has 0 bridgehead atoms. The van der Waals surface area contributed by atoms with Crippen molar-refractivity contribution in [3.8, 4) is 11.6 Å². The van der Waals surface area contributed by atoms with E-state index in [1.54, 1.807) is 7.11 Å². The summed E-state index contributed by atoms with van der Waals surface area (Å²) in [6.07, 6.45) is 3.95. The van der Waals surface area contributed by atoms with E-state index in [2.05, 4.69) is 12.1 Å². The molecule has 0 radical (unpaired) electrons. The van der Waals surface area contributed by atoms with Gasteiger partial charge >= 0.3 is 0 Å². The number of nitrogens with zero attached hydrogens (tertiary/aromatic N) is 1. The highest BCUT2D eigenvalue weighted by atomic mass is 16.5. The van der Waals surface area contributed by atoms with Gasteiger partial charge in [0.05, 0.1) is 7.11 Å². The van der Waals surface area contributed by atoms with Gasteiger partial charge in [0.1, 0.15) is 5.75 Å². The molecule has 3 nitrogen and oxygen atoms in total. The molecule has 3 heteroatoms. The maximum Gasteiger partial charge on any atom is 0.199 e. The lowest BCUT2D eigenvalue weighted by Crippen LogP contribution is -1.97. The number of aromatic nitrogens is 1. The summed E-state index contributed by atoms with van der Waals surface area (Å²) in [6.45, 7) is 0.803. The highest BCUT2D eigenvalue weighted by Gasteiger charge is 2.06. The van der Waals surface area contributed by atoms with Crippen molar-refractivity contribution in [3.05, 3.63) is 60.3 Å². The summed E-state index contributed by atoms with van der Waals surface area (Å²) in [7, 11) is 1.68. The molecule has 1 N–H and O–H groups in total. The van der Waals surface area contributed by atoms with Gasteiger partial charge in [-0.3, -0.25) is 0 Å². The van der Waals surface area contributed by atoms with Gasteiger partial charge in [-0.1, -0.05) is 30.3 Å². The number of methoxy groups -OCH3 is 1. The van der Waals surface area contributed by atoms with Crippen LogP contribution in [-0.4, -0.2) is 16.8 Å². The minimum absolute atomic E-state index is 0.358. The van der Waals surface area contributed by atoms with Crippen LogP contribution in [0.5, 0.6) is 11.6 Å². The van der Waals surface area contributed by atoms with Gasteiger partial charge in [-0.05, 0) is 36.6 Å². The summed E-state index contributed by atoms with van der Waals surface area (Å²) < 4.78 is 7.15. The number of hydrogen-bond donors (Lipinski definition) is 1. The summed E-state index contributed by atoms with van der Waals surface area (Å²) in [6, 6.07) is 16.0. The van der Waals surface area contributed by atoms with E-state index >= 15 is 0 Å². The molecule has 1 aromatic heterocycles. The highest BCUT2D eigenvalue weighted by molar-refractivity contribution is 5.87. The van der Waals surface area contributed by atoms with Crippen LogP contribution in [0.2, 0.25) is 0 Å². The first kappa shape index (κ1) is 13.6. The fourth-order valence-electron chi connectivity index (χ4n) is 2.65. The molecule has 0 saturated carbocycles. The fraction of sp³-hybridized carbons (Fsp3) is 0.222. The van der Waals surface area contributed by atoms with E-state index in [0.717, 1.165) is 35.9 Å². The Hall–Kier alpha value is -2.42. The van der Waals surface area contributed by atoms with Gasteiger partial charge in [0.2, 0.25) is 0 Å². The van der Waals surface area contributed by atoms with Crippen molar-refractivity contribution in [1.82, 2.24) is 4.57 Å². The first-order valence-electron chi connectivity index (χ1n) is 7.17. The van der Waals surface area contributed by atoms with Gasteiger partial charge in [-0.15, -0.1) is 0 Å². The van der Waals surface area contributed by atoms with Crippen LogP contribution >= 0.6 is 0 Å². The molecule has 0 atom stereocenters. The SMILES string of the molecule is COc1cccc(CCCn2cc3ccccc3c2O)c1. The van der Waals surface area contributed by atoms with E-state index in [4.69, 9.17) is 4.74 Å². The predicted octanol–water partition coefficient (Wildman–Crippen LogP) is 3.99. The van der Waals surface area contributed by atoms with Crippen LogP contribution in [-0.2, 0) is 13.0 Å². The third kappa shape index (κ3) is 2.87. The molecule has 0 aliphatic rings. The standard InChI is InChI=1S/C18H19NO2/c1-21-16-9-4-6-14(12-16)7-5-11-19-13-15-8-2-3-10-17(15)18(19)20/h2-4,6,8-10,12-13,20H,5,7,11H2,1H3. The van der Waals surface area contributed by atoms with Crippen molar-refractivity contribution in [2.75, 3.05) is 7.11 Å². The minimum atomic E-state index is 0.358. The Morgan fingerprint density at radius 2 is 1.95 bits per heavy atom. The molecule has 0 aliphatic carbocycles. The van der Waals surface area contributed by atoms with E-state index in [0.29, 0.717) is 5.88 Å². The molecular formula is C18H19NO2. The summed E-state index contributed by atoms with van der Waals surface area (Å²) in [4.78, 5) is 0. The molecule has 0 saturated heterocycles. The number of fused-ring (bicyclic) bond motifs is 1. The molecule has 0 unspecified atom stereocenters. The Morgan fingerprint density at radius 3 is 2.76 bits per heavy atom. The van der Waals surface area contributed by atoms with Crippen molar-refractivity contribution in [1.29, 1.82) is 0 Å². The fourth-order valence-corrected chi connectivity index (χ4v) is 2.65. The maximum atomic E-state index is 10.2. The van der Waals surface area contributed by atoms with Crippen LogP contribution < -0.4 is 4.74 Å². The normalized spacial score (nSPS) is 10.9. The van der Waals surface area contributed by atoms with E-state index in [-0.39, 0.29) is 0 Å². The Bertz CT molecular complexity index is 746. The van der Waals surface area contributed by atoms with E-state index in [1.807, 2.05) is 47.2 Å². The largest absolute Gasteiger partial charge is 0.497 e. The summed E-state index contributed by atoms with van der Waals surface area (Å²) >= 11 is 0. The predicted molar refractivity (Wildman–Crippen MR) is 84.9 cm³/mol. The second-order valence-corrected chi connectivity index (χ2v) is 5.19. The van der Waals surface area contributed by atoms with Gasteiger partial charge in [-0.25, -0.2) is 0 Å². The minimum Gasteiger partial charge on any atom is -0.497 e. The van der Waals surface area contributed by atoms with Crippen LogP contribution in [0.15, 0.2) is 54.7 Å². The van der Waals surface area contributed by atoms with Gasteiger partial charge < -0.3 is 14.4 Å². The number of ether oxygens (including phenoxy) is 1. The van der Waals surface area contributed by atoms with E-state index < -0.39 is 0 Å². The van der Waals surface area contributed by atoms with Crippen molar-refractivity contribution in [2.24, 2.45) is 0 Å². The van der Waals surface area contributed by atoms with E-state index in [1.165, 1.54) is 5.56 Å². The molecule has 3 rings (SSSR count). The average Bonchev–Trinajstić information content (AvgIpc) is 2.84. The van der Waals surface area contributed by atoms with Crippen LogP contribution in [0.1, 0.15) is 12.0 Å². The topological polar surface area (TPSA) is 34.4 Å². The summed E-state index contributed by atoms with van der Waals surface area (Å²) in [5.41, 5.74) is 1.26. The molecule has 0 spiro atoms. The van der Waals surface area contributed by atoms with Gasteiger partial charge in [0.25, 0.3) is 0 Å². The second kappa shape index (κ2) is 5.92. The molecular weight excluding hydrogens is 262 g/mol. The van der Waals surface area contributed by atoms with Crippen LogP contribution in [0.4, 0.5) is 0 Å². The molecule has 3 aromatic rings. The zero-order chi connectivity index (χ0) is 14.7. The number of aryl methyl sites for hydroxylation is 2. The molecule has 0 aliphatic heterocycles. The lowest BCUT2D eigenvalue weighted by atomic mass is 10.1. The number of benzene rings is 2. The van der Waals surface area contributed by atoms with Crippen LogP contribution in [0.3, 0.4) is 0 Å². The lowest BCUT2D eigenvalue weighted by Gasteiger charge is -2.06. The second-order valence-electron chi connectivity index (χ2n) is 5.19. The first-order chi connectivity index (χ1) is 10.3. The highest BCUT2D eigenvalue weighted by Crippen LogP contribution is 2.27. The Morgan fingerprint density at radius 1 is 1.10 bits per heavy atom. The Balaban J connectivity index is 1.67. The molecule has 1 heterocycles. The number of aromatic hydroxyl groups is 1. The first-order valence-corrected chi connectivity index (χ1v) is 7.17. The van der Waals surface area contributed by atoms with Crippen molar-refractivity contribution in [3.63, 3.8) is 0 Å². The molecule has 2 aromatic carbocycles. The van der Waals surface area contributed by atoms with Gasteiger partial charge in [-0.2, -0.15) is 0 Å². The van der Waals surface area contributed by atoms with Crippen molar-refractivity contribution in [2.45, 2.75) is 19.4 Å². The van der Waals surface area contributed by atoms with Crippen molar-refractivity contribution < 1.29 is 9.84 Å². The van der Waals surface area contributed by atoms with Gasteiger partial charge in [0, 0.05) is 23.5 Å². The summed E-state index contributed by atoms with van der Waals surface area (Å²) in [5.74, 6) is 1.25. The van der Waals surface area contributed by atoms with Crippen LogP contribution in [0.25, 0.3) is 10.8 Å². The maximum absolute atomic E-state index is 10.2. The van der Waals surface area contributed by atoms with E-state index in [9.17, 15) is 5.11 Å². The smallest absolute Gasteiger partial charge is 0.199 e. The van der Waals surface area contributed by atoms with Gasteiger partial charge in [0.15, 0.2) is 5.88 Å². The average molecular weight is 281 g/mol. The zero-order valence-corrected chi connectivity index (χ0v) is 12.1. The Kier molecular flexibility index (Phi) is 3.82. The molecule has 0 amide bonds. The number of rotatable bonds is 5. The lowest BCUT2D eigenvalue weighted by molar-refractivity contribution is 0.413. The zero-order valence-electron chi connectivity index (χ0n) is 12.1. The third-order valence-corrected chi connectivity index (χ3v) is 3.77. The third-order valence-electron chi connectivity index (χ3n) is 3.77.